The SMILES string of the molecule is CCCCCCCCCCCCCCCCCCCCCCCCCCC(=O)OC(CO)COC(=O)CCCCC. The van der Waals surface area contributed by atoms with Gasteiger partial charge in [0.2, 0.25) is 0 Å². The van der Waals surface area contributed by atoms with Crippen LogP contribution in [0.15, 0.2) is 0 Å². The van der Waals surface area contributed by atoms with Gasteiger partial charge in [-0.15, -0.1) is 0 Å². The fourth-order valence-electron chi connectivity index (χ4n) is 5.38. The Morgan fingerprint density at radius 3 is 1.12 bits per heavy atom. The van der Waals surface area contributed by atoms with E-state index in [0.29, 0.717) is 12.8 Å². The number of ether oxygens (including phenoxy) is 2. The van der Waals surface area contributed by atoms with Crippen LogP contribution in [-0.2, 0) is 19.1 Å². The number of aliphatic hydroxyl groups excluding tert-OH is 1. The van der Waals surface area contributed by atoms with Gasteiger partial charge < -0.3 is 14.6 Å². The predicted molar refractivity (Wildman–Crippen MR) is 173 cm³/mol. The number of rotatable bonds is 33. The molecule has 0 rings (SSSR count). The number of unbranched alkanes of at least 4 members (excludes halogenated alkanes) is 25. The minimum atomic E-state index is -0.757. The second kappa shape index (κ2) is 33.4. The average molecular weight is 583 g/mol. The maximum absolute atomic E-state index is 12.0. The molecule has 0 bridgehead atoms. The maximum Gasteiger partial charge on any atom is 0.306 e. The molecule has 1 unspecified atom stereocenters. The second-order valence-electron chi connectivity index (χ2n) is 12.3. The van der Waals surface area contributed by atoms with E-state index in [4.69, 9.17) is 9.47 Å². The summed E-state index contributed by atoms with van der Waals surface area (Å²) in [5.74, 6) is -0.608. The first-order valence-corrected chi connectivity index (χ1v) is 18.1. The van der Waals surface area contributed by atoms with Gasteiger partial charge in [0.15, 0.2) is 6.10 Å². The van der Waals surface area contributed by atoms with E-state index >= 15 is 0 Å². The summed E-state index contributed by atoms with van der Waals surface area (Å²) in [6.07, 6.45) is 35.3. The van der Waals surface area contributed by atoms with Crippen molar-refractivity contribution in [1.82, 2.24) is 0 Å². The van der Waals surface area contributed by atoms with Crippen LogP contribution in [0.2, 0.25) is 0 Å². The van der Waals surface area contributed by atoms with Crippen molar-refractivity contribution in [2.75, 3.05) is 13.2 Å². The zero-order valence-corrected chi connectivity index (χ0v) is 27.6. The van der Waals surface area contributed by atoms with Crippen molar-refractivity contribution in [3.05, 3.63) is 0 Å². The molecule has 5 heteroatoms. The molecule has 0 aromatic heterocycles. The number of carbonyl (C=O) groups excluding carboxylic acids is 2. The molecule has 1 N–H and O–H groups in total. The molecule has 1 atom stereocenters. The van der Waals surface area contributed by atoms with Gasteiger partial charge in [0.25, 0.3) is 0 Å². The lowest BCUT2D eigenvalue weighted by molar-refractivity contribution is -0.161. The molecule has 244 valence electrons. The lowest BCUT2D eigenvalue weighted by Gasteiger charge is -2.15. The summed E-state index contributed by atoms with van der Waals surface area (Å²) < 4.78 is 10.4. The Morgan fingerprint density at radius 2 is 0.756 bits per heavy atom. The third kappa shape index (κ3) is 31.7. The zero-order valence-electron chi connectivity index (χ0n) is 27.6. The molecule has 0 saturated heterocycles. The average Bonchev–Trinajstić information content (AvgIpc) is 2.97. The number of esters is 2. The summed E-state index contributed by atoms with van der Waals surface area (Å²) in [6, 6.07) is 0. The number of carbonyl (C=O) groups is 2. The van der Waals surface area contributed by atoms with E-state index in [2.05, 4.69) is 13.8 Å². The third-order valence-electron chi connectivity index (χ3n) is 8.15. The van der Waals surface area contributed by atoms with Gasteiger partial charge in [0.1, 0.15) is 6.61 Å². The Hall–Kier alpha value is -1.10. The number of hydrogen-bond donors (Lipinski definition) is 1. The largest absolute Gasteiger partial charge is 0.462 e. The van der Waals surface area contributed by atoms with Crippen molar-refractivity contribution in [2.24, 2.45) is 0 Å². The van der Waals surface area contributed by atoms with Crippen LogP contribution >= 0.6 is 0 Å². The molecule has 0 aromatic carbocycles. The second-order valence-corrected chi connectivity index (χ2v) is 12.3. The first-order chi connectivity index (χ1) is 20.1. The fourth-order valence-corrected chi connectivity index (χ4v) is 5.38. The Bertz CT molecular complexity index is 550. The van der Waals surface area contributed by atoms with E-state index in [1.165, 1.54) is 135 Å². The van der Waals surface area contributed by atoms with E-state index in [9.17, 15) is 14.7 Å². The van der Waals surface area contributed by atoms with Crippen molar-refractivity contribution in [3.63, 3.8) is 0 Å². The van der Waals surface area contributed by atoms with Gasteiger partial charge in [-0.05, 0) is 12.8 Å². The standard InChI is InChI=1S/C36H70O5/c1-3-5-7-8-9-10-11-12-13-14-15-16-17-18-19-20-21-22-23-24-25-26-27-29-31-36(39)41-34(32-37)33-40-35(38)30-28-6-4-2/h34,37H,3-33H2,1-2H3. The number of hydrogen-bond acceptors (Lipinski definition) is 5. The van der Waals surface area contributed by atoms with Gasteiger partial charge in [-0.25, -0.2) is 0 Å². The van der Waals surface area contributed by atoms with Gasteiger partial charge in [-0.2, -0.15) is 0 Å². The van der Waals surface area contributed by atoms with Crippen LogP contribution < -0.4 is 0 Å². The molecule has 0 heterocycles. The fraction of sp³-hybridized carbons (Fsp3) is 0.944. The molecule has 0 aromatic rings. The minimum absolute atomic E-state index is 0.0629. The maximum atomic E-state index is 12.0. The molecule has 0 spiro atoms. The molecule has 0 amide bonds. The van der Waals surface area contributed by atoms with Crippen molar-refractivity contribution >= 4 is 11.9 Å². The van der Waals surface area contributed by atoms with Crippen molar-refractivity contribution in [2.45, 2.75) is 206 Å². The Balaban J connectivity index is 3.33. The molecule has 41 heavy (non-hydrogen) atoms. The van der Waals surface area contributed by atoms with Crippen molar-refractivity contribution in [3.8, 4) is 0 Å². The Labute approximate surface area is 255 Å². The zero-order chi connectivity index (χ0) is 30.1. The molecular formula is C36H70O5. The van der Waals surface area contributed by atoms with Gasteiger partial charge in [0.05, 0.1) is 6.61 Å². The molecule has 0 aliphatic heterocycles. The van der Waals surface area contributed by atoms with Crippen LogP contribution in [0.3, 0.4) is 0 Å². The summed E-state index contributed by atoms with van der Waals surface area (Å²) in [4.78, 5) is 23.7. The highest BCUT2D eigenvalue weighted by atomic mass is 16.6. The van der Waals surface area contributed by atoms with Crippen LogP contribution in [0.25, 0.3) is 0 Å². The molecule has 0 saturated carbocycles. The monoisotopic (exact) mass is 583 g/mol. The molecule has 0 radical (unpaired) electrons. The van der Waals surface area contributed by atoms with E-state index in [-0.39, 0.29) is 25.2 Å². The highest BCUT2D eigenvalue weighted by Gasteiger charge is 2.16. The lowest BCUT2D eigenvalue weighted by atomic mass is 10.0. The molecule has 0 aliphatic carbocycles. The van der Waals surface area contributed by atoms with Crippen LogP contribution in [0.5, 0.6) is 0 Å². The molecule has 0 aliphatic rings. The molecular weight excluding hydrogens is 512 g/mol. The minimum Gasteiger partial charge on any atom is -0.462 e. The molecule has 5 nitrogen and oxygen atoms in total. The summed E-state index contributed by atoms with van der Waals surface area (Å²) >= 11 is 0. The summed E-state index contributed by atoms with van der Waals surface area (Å²) in [5.41, 5.74) is 0. The summed E-state index contributed by atoms with van der Waals surface area (Å²) in [5, 5.41) is 9.39. The van der Waals surface area contributed by atoms with Crippen LogP contribution in [0, 0.1) is 0 Å². The topological polar surface area (TPSA) is 72.8 Å². The normalized spacial score (nSPS) is 12.0. The van der Waals surface area contributed by atoms with E-state index in [0.717, 1.165) is 38.5 Å². The van der Waals surface area contributed by atoms with Crippen LogP contribution in [0.1, 0.15) is 200 Å². The van der Waals surface area contributed by atoms with Crippen LogP contribution in [-0.4, -0.2) is 36.4 Å². The Morgan fingerprint density at radius 1 is 0.463 bits per heavy atom. The summed E-state index contributed by atoms with van der Waals surface area (Å²) in [6.45, 7) is 3.98. The van der Waals surface area contributed by atoms with Crippen LogP contribution in [0.4, 0.5) is 0 Å². The van der Waals surface area contributed by atoms with E-state index in [1.54, 1.807) is 0 Å². The van der Waals surface area contributed by atoms with Gasteiger partial charge in [-0.3, -0.25) is 9.59 Å². The first kappa shape index (κ1) is 39.9. The predicted octanol–water partition coefficient (Wildman–Crippen LogP) is 10.8. The first-order valence-electron chi connectivity index (χ1n) is 18.1. The van der Waals surface area contributed by atoms with Crippen molar-refractivity contribution < 1.29 is 24.2 Å². The van der Waals surface area contributed by atoms with Gasteiger partial charge in [-0.1, -0.05) is 174 Å². The van der Waals surface area contributed by atoms with Gasteiger partial charge >= 0.3 is 11.9 Å². The highest BCUT2D eigenvalue weighted by Crippen LogP contribution is 2.16. The third-order valence-corrected chi connectivity index (χ3v) is 8.15. The number of aliphatic hydroxyl groups is 1. The van der Waals surface area contributed by atoms with Crippen molar-refractivity contribution in [1.29, 1.82) is 0 Å². The quantitative estimate of drug-likeness (QED) is 0.0615. The molecule has 0 fully saturated rings. The van der Waals surface area contributed by atoms with Gasteiger partial charge in [0, 0.05) is 12.8 Å². The highest BCUT2D eigenvalue weighted by molar-refractivity contribution is 5.70. The Kier molecular flexibility index (Phi) is 32.5. The van der Waals surface area contributed by atoms with E-state index in [1.807, 2.05) is 0 Å². The summed E-state index contributed by atoms with van der Waals surface area (Å²) in [7, 11) is 0. The smallest absolute Gasteiger partial charge is 0.306 e. The lowest BCUT2D eigenvalue weighted by Crippen LogP contribution is -2.28. The van der Waals surface area contributed by atoms with E-state index < -0.39 is 6.10 Å².